The van der Waals surface area contributed by atoms with Gasteiger partial charge in [0.2, 0.25) is 5.91 Å². The van der Waals surface area contributed by atoms with E-state index in [0.717, 1.165) is 19.3 Å². The normalized spacial score (nSPS) is 17.1. The number of halogens is 1. The quantitative estimate of drug-likeness (QED) is 0.891. The third-order valence-electron chi connectivity index (χ3n) is 3.94. The molecule has 1 amide bonds. The first-order valence-electron chi connectivity index (χ1n) is 6.28. The Labute approximate surface area is 107 Å². The van der Waals surface area contributed by atoms with E-state index in [2.05, 4.69) is 0 Å². The van der Waals surface area contributed by atoms with E-state index in [0.29, 0.717) is 18.7 Å². The number of rotatable bonds is 4. The van der Waals surface area contributed by atoms with Gasteiger partial charge < -0.3 is 10.6 Å². The molecule has 4 heteroatoms. The van der Waals surface area contributed by atoms with Crippen molar-refractivity contribution in [3.8, 4) is 0 Å². The van der Waals surface area contributed by atoms with Crippen molar-refractivity contribution in [3.63, 3.8) is 0 Å². The van der Waals surface area contributed by atoms with E-state index in [-0.39, 0.29) is 17.1 Å². The van der Waals surface area contributed by atoms with E-state index in [1.807, 2.05) is 0 Å². The molecule has 0 aromatic heterocycles. The molecular weight excluding hydrogens is 231 g/mol. The summed E-state index contributed by atoms with van der Waals surface area (Å²) in [4.78, 5) is 13.7. The second kappa shape index (κ2) is 5.06. The maximum absolute atomic E-state index is 13.1. The predicted octanol–water partition coefficient (Wildman–Crippen LogP) is 2.31. The summed E-state index contributed by atoms with van der Waals surface area (Å²) in [6.45, 7) is 0.551. The molecule has 0 unspecified atom stereocenters. The van der Waals surface area contributed by atoms with Crippen molar-refractivity contribution in [3.05, 3.63) is 30.1 Å². The fourth-order valence-electron chi connectivity index (χ4n) is 2.40. The van der Waals surface area contributed by atoms with Crippen molar-refractivity contribution in [1.82, 2.24) is 0 Å². The molecule has 18 heavy (non-hydrogen) atoms. The van der Waals surface area contributed by atoms with Crippen LogP contribution < -0.4 is 10.6 Å². The maximum atomic E-state index is 13.1. The average Bonchev–Trinajstić information content (AvgIpc) is 2.32. The third-order valence-corrected chi connectivity index (χ3v) is 3.94. The molecule has 1 saturated carbocycles. The number of hydrogen-bond acceptors (Lipinski definition) is 2. The van der Waals surface area contributed by atoms with Crippen LogP contribution in [-0.2, 0) is 4.79 Å². The molecule has 2 N–H and O–H groups in total. The van der Waals surface area contributed by atoms with Crippen molar-refractivity contribution in [2.45, 2.75) is 25.7 Å². The van der Waals surface area contributed by atoms with Gasteiger partial charge in [-0.3, -0.25) is 4.79 Å². The zero-order chi connectivity index (χ0) is 13.2. The van der Waals surface area contributed by atoms with Gasteiger partial charge in [0.15, 0.2) is 0 Å². The van der Waals surface area contributed by atoms with Gasteiger partial charge >= 0.3 is 0 Å². The van der Waals surface area contributed by atoms with Crippen LogP contribution in [0.15, 0.2) is 24.3 Å². The zero-order valence-corrected chi connectivity index (χ0v) is 10.7. The van der Waals surface area contributed by atoms with Crippen LogP contribution in [0, 0.1) is 11.2 Å². The summed E-state index contributed by atoms with van der Waals surface area (Å²) < 4.78 is 13.1. The minimum absolute atomic E-state index is 0.00532. The Morgan fingerprint density at radius 3 is 2.72 bits per heavy atom. The summed E-state index contributed by atoms with van der Waals surface area (Å²) in [7, 11) is 1.68. The Morgan fingerprint density at radius 2 is 2.22 bits per heavy atom. The first kappa shape index (κ1) is 13.0. The Hall–Kier alpha value is -1.42. The fraction of sp³-hybridized carbons (Fsp3) is 0.500. The fourth-order valence-corrected chi connectivity index (χ4v) is 2.40. The number of carbonyl (C=O) groups is 1. The highest BCUT2D eigenvalue weighted by Crippen LogP contribution is 2.43. The van der Waals surface area contributed by atoms with Gasteiger partial charge in [-0.05, 0) is 43.0 Å². The summed E-state index contributed by atoms with van der Waals surface area (Å²) in [6, 6.07) is 6.08. The molecule has 1 aromatic rings. The van der Waals surface area contributed by atoms with Crippen molar-refractivity contribution < 1.29 is 9.18 Å². The molecule has 0 radical (unpaired) electrons. The van der Waals surface area contributed by atoms with E-state index >= 15 is 0 Å². The Bertz CT molecular complexity index is 438. The van der Waals surface area contributed by atoms with E-state index in [4.69, 9.17) is 5.73 Å². The van der Waals surface area contributed by atoms with Crippen LogP contribution in [0.3, 0.4) is 0 Å². The Balaban J connectivity index is 2.05. The van der Waals surface area contributed by atoms with Gasteiger partial charge in [0.05, 0.1) is 0 Å². The molecule has 3 nitrogen and oxygen atoms in total. The molecule has 0 aliphatic heterocycles. The largest absolute Gasteiger partial charge is 0.330 e. The predicted molar refractivity (Wildman–Crippen MR) is 69.8 cm³/mol. The van der Waals surface area contributed by atoms with E-state index in [1.165, 1.54) is 17.0 Å². The second-order valence-corrected chi connectivity index (χ2v) is 5.17. The number of amides is 1. The van der Waals surface area contributed by atoms with E-state index < -0.39 is 0 Å². The summed E-state index contributed by atoms with van der Waals surface area (Å²) in [5.41, 5.74) is 6.32. The zero-order valence-electron chi connectivity index (χ0n) is 10.7. The van der Waals surface area contributed by atoms with Gasteiger partial charge in [-0.15, -0.1) is 0 Å². The second-order valence-electron chi connectivity index (χ2n) is 5.17. The van der Waals surface area contributed by atoms with Gasteiger partial charge in [-0.2, -0.15) is 0 Å². The van der Waals surface area contributed by atoms with Crippen LogP contribution in [-0.4, -0.2) is 19.5 Å². The smallest absolute Gasteiger partial charge is 0.227 e. The van der Waals surface area contributed by atoms with Crippen LogP contribution >= 0.6 is 0 Å². The minimum atomic E-state index is -0.329. The molecule has 98 valence electrons. The van der Waals surface area contributed by atoms with Gasteiger partial charge in [-0.25, -0.2) is 4.39 Å². The van der Waals surface area contributed by atoms with Crippen LogP contribution in [0.2, 0.25) is 0 Å². The number of benzene rings is 1. The van der Waals surface area contributed by atoms with Gasteiger partial charge in [0.1, 0.15) is 5.82 Å². The van der Waals surface area contributed by atoms with Crippen molar-refractivity contribution in [2.24, 2.45) is 11.1 Å². The van der Waals surface area contributed by atoms with Gasteiger partial charge in [-0.1, -0.05) is 12.5 Å². The number of nitrogens with zero attached hydrogens (tertiary/aromatic N) is 1. The number of carbonyl (C=O) groups excluding carboxylic acids is 1. The number of anilines is 1. The molecule has 0 saturated heterocycles. The van der Waals surface area contributed by atoms with Crippen molar-refractivity contribution >= 4 is 11.6 Å². The van der Waals surface area contributed by atoms with Crippen LogP contribution in [0.25, 0.3) is 0 Å². The standard InChI is InChI=1S/C14H19FN2O/c1-17(12-5-2-4-11(15)8-12)13(18)9-14(10-16)6-3-7-14/h2,4-5,8H,3,6-7,9-10,16H2,1H3. The van der Waals surface area contributed by atoms with Gasteiger partial charge in [0.25, 0.3) is 0 Å². The molecule has 1 aliphatic rings. The summed E-state index contributed by atoms with van der Waals surface area (Å²) in [5.74, 6) is -0.324. The molecule has 0 atom stereocenters. The van der Waals surface area contributed by atoms with Crippen LogP contribution in [0.5, 0.6) is 0 Å². The highest BCUT2D eigenvalue weighted by molar-refractivity contribution is 5.93. The average molecular weight is 250 g/mol. The third kappa shape index (κ3) is 2.53. The Kier molecular flexibility index (Phi) is 3.66. The molecule has 1 aromatic carbocycles. The van der Waals surface area contributed by atoms with Crippen molar-refractivity contribution in [2.75, 3.05) is 18.5 Å². The molecular formula is C14H19FN2O. The SMILES string of the molecule is CN(C(=O)CC1(CN)CCC1)c1cccc(F)c1. The first-order valence-corrected chi connectivity index (χ1v) is 6.28. The lowest BCUT2D eigenvalue weighted by molar-refractivity contribution is -0.121. The maximum Gasteiger partial charge on any atom is 0.227 e. The lowest BCUT2D eigenvalue weighted by Crippen LogP contribution is -2.42. The van der Waals surface area contributed by atoms with Crippen LogP contribution in [0.4, 0.5) is 10.1 Å². The molecule has 1 aliphatic carbocycles. The molecule has 0 spiro atoms. The number of hydrogen-bond donors (Lipinski definition) is 1. The number of nitrogens with two attached hydrogens (primary N) is 1. The molecule has 0 heterocycles. The topological polar surface area (TPSA) is 46.3 Å². The minimum Gasteiger partial charge on any atom is -0.330 e. The highest BCUT2D eigenvalue weighted by atomic mass is 19.1. The summed E-state index contributed by atoms with van der Waals surface area (Å²) >= 11 is 0. The monoisotopic (exact) mass is 250 g/mol. The summed E-state index contributed by atoms with van der Waals surface area (Å²) in [5, 5.41) is 0. The van der Waals surface area contributed by atoms with E-state index in [1.54, 1.807) is 19.2 Å². The molecule has 2 rings (SSSR count). The first-order chi connectivity index (χ1) is 8.56. The lowest BCUT2D eigenvalue weighted by atomic mass is 9.66. The molecule has 0 bridgehead atoms. The highest BCUT2D eigenvalue weighted by Gasteiger charge is 2.38. The van der Waals surface area contributed by atoms with E-state index in [9.17, 15) is 9.18 Å². The molecule has 1 fully saturated rings. The van der Waals surface area contributed by atoms with Crippen molar-refractivity contribution in [1.29, 1.82) is 0 Å². The van der Waals surface area contributed by atoms with Crippen LogP contribution in [0.1, 0.15) is 25.7 Å². The lowest BCUT2D eigenvalue weighted by Gasteiger charge is -2.41. The van der Waals surface area contributed by atoms with Gasteiger partial charge in [0, 0.05) is 19.2 Å². The Morgan fingerprint density at radius 1 is 1.50 bits per heavy atom. The summed E-state index contributed by atoms with van der Waals surface area (Å²) in [6.07, 6.45) is 3.64.